The lowest BCUT2D eigenvalue weighted by molar-refractivity contribution is -0.131. The van der Waals surface area contributed by atoms with E-state index in [9.17, 15) is 9.59 Å². The Bertz CT molecular complexity index is 821. The van der Waals surface area contributed by atoms with Crippen LogP contribution in [-0.4, -0.2) is 47.9 Å². The van der Waals surface area contributed by atoms with Crippen molar-refractivity contribution in [2.75, 3.05) is 31.5 Å². The maximum Gasteiger partial charge on any atom is 0.321 e. The average molecular weight is 414 g/mol. The molecule has 3 rings (SSSR count). The van der Waals surface area contributed by atoms with Crippen LogP contribution in [0.15, 0.2) is 48.5 Å². The van der Waals surface area contributed by atoms with Crippen LogP contribution in [0.4, 0.5) is 10.5 Å². The van der Waals surface area contributed by atoms with E-state index in [1.54, 1.807) is 29.2 Å². The number of halogens is 1. The van der Waals surface area contributed by atoms with Crippen molar-refractivity contribution in [3.05, 3.63) is 64.7 Å². The highest BCUT2D eigenvalue weighted by Gasteiger charge is 2.21. The minimum Gasteiger partial charge on any atom is -0.341 e. The van der Waals surface area contributed by atoms with Gasteiger partial charge in [0.15, 0.2) is 0 Å². The van der Waals surface area contributed by atoms with Crippen molar-refractivity contribution in [1.82, 2.24) is 9.80 Å². The van der Waals surface area contributed by atoms with E-state index in [2.05, 4.69) is 36.5 Å². The number of rotatable bonds is 5. The molecule has 0 unspecified atom stereocenters. The minimum atomic E-state index is -0.138. The Balaban J connectivity index is 1.43. The lowest BCUT2D eigenvalue weighted by atomic mass is 10.1. The highest BCUT2D eigenvalue weighted by molar-refractivity contribution is 6.30. The van der Waals surface area contributed by atoms with Crippen molar-refractivity contribution in [1.29, 1.82) is 0 Å². The van der Waals surface area contributed by atoms with Gasteiger partial charge in [0.25, 0.3) is 0 Å². The Hall–Kier alpha value is -2.53. The molecule has 0 radical (unpaired) electrons. The zero-order chi connectivity index (χ0) is 20.6. The summed E-state index contributed by atoms with van der Waals surface area (Å²) in [7, 11) is 0. The van der Waals surface area contributed by atoms with Gasteiger partial charge in [0.1, 0.15) is 0 Å². The van der Waals surface area contributed by atoms with Crippen molar-refractivity contribution in [2.24, 2.45) is 0 Å². The van der Waals surface area contributed by atoms with E-state index >= 15 is 0 Å². The van der Waals surface area contributed by atoms with Gasteiger partial charge in [0, 0.05) is 43.3 Å². The molecule has 0 atom stereocenters. The van der Waals surface area contributed by atoms with Crippen molar-refractivity contribution in [2.45, 2.75) is 32.6 Å². The molecule has 0 aromatic heterocycles. The van der Waals surface area contributed by atoms with E-state index in [0.717, 1.165) is 19.3 Å². The predicted molar refractivity (Wildman–Crippen MR) is 117 cm³/mol. The second-order valence-corrected chi connectivity index (χ2v) is 7.93. The second-order valence-electron chi connectivity index (χ2n) is 7.50. The molecule has 5 nitrogen and oxygen atoms in total. The first-order valence-corrected chi connectivity index (χ1v) is 10.5. The van der Waals surface area contributed by atoms with Gasteiger partial charge in [0.2, 0.25) is 5.91 Å². The Kier molecular flexibility index (Phi) is 7.53. The molecular weight excluding hydrogens is 386 g/mol. The molecule has 1 heterocycles. The van der Waals surface area contributed by atoms with Gasteiger partial charge in [0.05, 0.1) is 0 Å². The first-order valence-electron chi connectivity index (χ1n) is 10.2. The van der Waals surface area contributed by atoms with Crippen LogP contribution in [0.2, 0.25) is 5.02 Å². The van der Waals surface area contributed by atoms with Crippen molar-refractivity contribution in [3.8, 4) is 0 Å². The van der Waals surface area contributed by atoms with Gasteiger partial charge in [-0.25, -0.2) is 4.79 Å². The first-order chi connectivity index (χ1) is 14.0. The third kappa shape index (κ3) is 6.50. The third-order valence-electron chi connectivity index (χ3n) is 5.21. The maximum atomic E-state index is 12.6. The van der Waals surface area contributed by atoms with Crippen LogP contribution in [0.3, 0.4) is 0 Å². The van der Waals surface area contributed by atoms with Crippen LogP contribution in [0.25, 0.3) is 0 Å². The van der Waals surface area contributed by atoms with Crippen LogP contribution < -0.4 is 5.32 Å². The number of nitrogens with one attached hydrogen (secondary N) is 1. The number of carbonyl (C=O) groups is 2. The maximum absolute atomic E-state index is 12.6. The summed E-state index contributed by atoms with van der Waals surface area (Å²) in [5.74, 6) is 0.178. The Morgan fingerprint density at radius 3 is 2.31 bits per heavy atom. The summed E-state index contributed by atoms with van der Waals surface area (Å²) in [5.41, 5.74) is 3.23. The summed E-state index contributed by atoms with van der Waals surface area (Å²) < 4.78 is 0. The van der Waals surface area contributed by atoms with Gasteiger partial charge in [-0.1, -0.05) is 41.4 Å². The fourth-order valence-corrected chi connectivity index (χ4v) is 3.59. The summed E-state index contributed by atoms with van der Waals surface area (Å²) in [6.07, 6.45) is 3.09. The van der Waals surface area contributed by atoms with E-state index in [-0.39, 0.29) is 11.9 Å². The van der Waals surface area contributed by atoms with E-state index in [4.69, 9.17) is 11.6 Å². The number of hydrogen-bond donors (Lipinski definition) is 1. The number of hydrogen-bond acceptors (Lipinski definition) is 2. The van der Waals surface area contributed by atoms with E-state index in [0.29, 0.717) is 43.3 Å². The molecule has 1 aliphatic rings. The fourth-order valence-electron chi connectivity index (χ4n) is 3.46. The summed E-state index contributed by atoms with van der Waals surface area (Å²) >= 11 is 5.88. The Morgan fingerprint density at radius 1 is 0.931 bits per heavy atom. The number of nitrogens with zero attached hydrogens (tertiary/aromatic N) is 2. The fraction of sp³-hybridized carbons (Fsp3) is 0.391. The molecule has 29 heavy (non-hydrogen) atoms. The molecule has 0 saturated carbocycles. The van der Waals surface area contributed by atoms with E-state index in [1.807, 2.05) is 4.90 Å². The molecular formula is C23H28ClN3O2. The average Bonchev–Trinajstić information content (AvgIpc) is 2.97. The third-order valence-corrected chi connectivity index (χ3v) is 5.46. The summed E-state index contributed by atoms with van der Waals surface area (Å²) in [4.78, 5) is 28.8. The summed E-state index contributed by atoms with van der Waals surface area (Å²) in [6.45, 7) is 4.55. The van der Waals surface area contributed by atoms with Crippen LogP contribution >= 0.6 is 11.6 Å². The second kappa shape index (κ2) is 10.3. The lowest BCUT2D eigenvalue weighted by Gasteiger charge is -2.22. The standard InChI is InChI=1S/C23H28ClN3O2/c1-18-6-8-19(9-7-18)4-2-5-22(28)26-14-3-15-27(17-16-26)23(29)25-21-12-10-20(24)11-13-21/h6-13H,2-5,14-17H2,1H3,(H,25,29). The number of anilines is 1. The first kappa shape index (κ1) is 21.2. The predicted octanol–water partition coefficient (Wildman–Crippen LogP) is 4.74. The number of amides is 3. The SMILES string of the molecule is Cc1ccc(CCCC(=O)N2CCCN(C(=O)Nc3ccc(Cl)cc3)CC2)cc1. The van der Waals surface area contributed by atoms with Gasteiger partial charge < -0.3 is 15.1 Å². The van der Waals surface area contributed by atoms with Crippen molar-refractivity contribution in [3.63, 3.8) is 0 Å². The van der Waals surface area contributed by atoms with Crippen LogP contribution in [-0.2, 0) is 11.2 Å². The topological polar surface area (TPSA) is 52.7 Å². The molecule has 2 aromatic carbocycles. The van der Waals surface area contributed by atoms with Crippen LogP contribution in [0.5, 0.6) is 0 Å². The highest BCUT2D eigenvalue weighted by atomic mass is 35.5. The number of carbonyl (C=O) groups excluding carboxylic acids is 2. The lowest BCUT2D eigenvalue weighted by Crippen LogP contribution is -2.39. The van der Waals surface area contributed by atoms with Gasteiger partial charge in [-0.2, -0.15) is 0 Å². The largest absolute Gasteiger partial charge is 0.341 e. The van der Waals surface area contributed by atoms with E-state index < -0.39 is 0 Å². The minimum absolute atomic E-state index is 0.138. The number of aryl methyl sites for hydroxylation is 2. The molecule has 3 amide bonds. The monoisotopic (exact) mass is 413 g/mol. The van der Waals surface area contributed by atoms with Gasteiger partial charge >= 0.3 is 6.03 Å². The quantitative estimate of drug-likeness (QED) is 0.769. The molecule has 1 N–H and O–H groups in total. The zero-order valence-corrected chi connectivity index (χ0v) is 17.6. The molecule has 2 aromatic rings. The van der Waals surface area contributed by atoms with Gasteiger partial charge in [-0.3, -0.25) is 4.79 Å². The molecule has 0 bridgehead atoms. The summed E-state index contributed by atoms with van der Waals surface area (Å²) in [5, 5.41) is 3.53. The normalized spacial score (nSPS) is 14.4. The number of benzene rings is 2. The molecule has 0 aliphatic carbocycles. The highest BCUT2D eigenvalue weighted by Crippen LogP contribution is 2.15. The molecule has 154 valence electrons. The molecule has 6 heteroatoms. The molecule has 1 fully saturated rings. The van der Waals surface area contributed by atoms with Gasteiger partial charge in [-0.15, -0.1) is 0 Å². The Labute approximate surface area is 177 Å². The van der Waals surface area contributed by atoms with Crippen LogP contribution in [0, 0.1) is 6.92 Å². The smallest absolute Gasteiger partial charge is 0.321 e. The molecule has 1 saturated heterocycles. The Morgan fingerprint density at radius 2 is 1.59 bits per heavy atom. The molecule has 1 aliphatic heterocycles. The van der Waals surface area contributed by atoms with Crippen molar-refractivity contribution < 1.29 is 9.59 Å². The molecule has 0 spiro atoms. The van der Waals surface area contributed by atoms with Crippen molar-refractivity contribution >= 4 is 29.2 Å². The van der Waals surface area contributed by atoms with Crippen LogP contribution in [0.1, 0.15) is 30.4 Å². The van der Waals surface area contributed by atoms with Gasteiger partial charge in [-0.05, 0) is 56.0 Å². The zero-order valence-electron chi connectivity index (χ0n) is 16.9. The van der Waals surface area contributed by atoms with E-state index in [1.165, 1.54) is 11.1 Å². The summed E-state index contributed by atoms with van der Waals surface area (Å²) in [6, 6.07) is 15.4. The number of urea groups is 1.